The Bertz CT molecular complexity index is 639. The standard InChI is InChI=1S/C16H20N2O3S2/c1-2-3-8-17-15(21)11(9-14(19)20)10-22-16-18-12-6-4-5-7-13(12)23-16/h4-7,11H,2-3,8-10H2,1H3,(H,17,21)(H,19,20). The number of para-hydroxylation sites is 1. The molecule has 2 rings (SSSR count). The van der Waals surface area contributed by atoms with Crippen molar-refractivity contribution in [1.82, 2.24) is 10.3 Å². The summed E-state index contributed by atoms with van der Waals surface area (Å²) in [6.07, 6.45) is 1.73. The monoisotopic (exact) mass is 352 g/mol. The summed E-state index contributed by atoms with van der Waals surface area (Å²) in [6.45, 7) is 2.64. The molecule has 0 saturated heterocycles. The van der Waals surface area contributed by atoms with Gasteiger partial charge in [-0.1, -0.05) is 37.2 Å². The number of thiazole rings is 1. The van der Waals surface area contributed by atoms with E-state index in [1.54, 1.807) is 11.3 Å². The maximum Gasteiger partial charge on any atom is 0.304 e. The molecule has 7 heteroatoms. The molecule has 0 bridgehead atoms. The Morgan fingerprint density at radius 1 is 1.39 bits per heavy atom. The van der Waals surface area contributed by atoms with E-state index in [0.717, 1.165) is 27.4 Å². The third kappa shape index (κ3) is 5.51. The van der Waals surface area contributed by atoms with Gasteiger partial charge in [0.05, 0.1) is 22.6 Å². The Morgan fingerprint density at radius 2 is 2.17 bits per heavy atom. The first-order valence-corrected chi connectivity index (χ1v) is 9.38. The lowest BCUT2D eigenvalue weighted by atomic mass is 10.1. The van der Waals surface area contributed by atoms with E-state index in [2.05, 4.69) is 10.3 Å². The summed E-state index contributed by atoms with van der Waals surface area (Å²) >= 11 is 3.01. The Hall–Kier alpha value is -1.60. The third-order valence-corrected chi connectivity index (χ3v) is 5.65. The highest BCUT2D eigenvalue weighted by atomic mass is 32.2. The Morgan fingerprint density at radius 3 is 2.87 bits per heavy atom. The molecule has 0 saturated carbocycles. The topological polar surface area (TPSA) is 79.3 Å². The van der Waals surface area contributed by atoms with Gasteiger partial charge < -0.3 is 10.4 Å². The number of thioether (sulfide) groups is 1. The van der Waals surface area contributed by atoms with Crippen LogP contribution >= 0.6 is 23.1 Å². The number of carbonyl (C=O) groups is 2. The predicted molar refractivity (Wildman–Crippen MR) is 94.0 cm³/mol. The molecule has 0 aliphatic rings. The first-order chi connectivity index (χ1) is 11.1. The van der Waals surface area contributed by atoms with Gasteiger partial charge in [0.1, 0.15) is 0 Å². The molecule has 5 nitrogen and oxygen atoms in total. The van der Waals surface area contributed by atoms with Gasteiger partial charge in [-0.25, -0.2) is 4.98 Å². The SMILES string of the molecule is CCCCNC(=O)C(CSc1nc2ccccc2s1)CC(=O)O. The summed E-state index contributed by atoms with van der Waals surface area (Å²) in [6, 6.07) is 7.85. The van der Waals surface area contributed by atoms with Crippen LogP contribution in [0.5, 0.6) is 0 Å². The van der Waals surface area contributed by atoms with Crippen LogP contribution in [0, 0.1) is 5.92 Å². The normalized spacial score (nSPS) is 12.2. The minimum atomic E-state index is -0.953. The Labute approximate surface area is 143 Å². The van der Waals surface area contributed by atoms with Crippen molar-refractivity contribution < 1.29 is 14.7 Å². The number of benzene rings is 1. The molecule has 1 amide bonds. The van der Waals surface area contributed by atoms with E-state index in [0.29, 0.717) is 12.3 Å². The fourth-order valence-electron chi connectivity index (χ4n) is 2.06. The van der Waals surface area contributed by atoms with Crippen LogP contribution in [0.2, 0.25) is 0 Å². The molecule has 23 heavy (non-hydrogen) atoms. The number of hydrogen-bond donors (Lipinski definition) is 2. The van der Waals surface area contributed by atoms with Gasteiger partial charge in [0, 0.05) is 12.3 Å². The van der Waals surface area contributed by atoms with Crippen molar-refractivity contribution in [1.29, 1.82) is 0 Å². The van der Waals surface area contributed by atoms with Gasteiger partial charge in [-0.05, 0) is 18.6 Å². The number of unbranched alkanes of at least 4 members (excludes halogenated alkanes) is 1. The van der Waals surface area contributed by atoms with Gasteiger partial charge in [0.15, 0.2) is 4.34 Å². The number of amides is 1. The number of nitrogens with one attached hydrogen (secondary N) is 1. The van der Waals surface area contributed by atoms with E-state index in [9.17, 15) is 9.59 Å². The molecule has 0 radical (unpaired) electrons. The van der Waals surface area contributed by atoms with Crippen LogP contribution < -0.4 is 5.32 Å². The number of fused-ring (bicyclic) bond motifs is 1. The average Bonchev–Trinajstić information content (AvgIpc) is 2.94. The van der Waals surface area contributed by atoms with Crippen LogP contribution in [-0.2, 0) is 9.59 Å². The third-order valence-electron chi connectivity index (χ3n) is 3.30. The number of carboxylic acids is 1. The molecule has 0 aliphatic carbocycles. The summed E-state index contributed by atoms with van der Waals surface area (Å²) in [5.41, 5.74) is 0.933. The van der Waals surface area contributed by atoms with Crippen LogP contribution in [0.15, 0.2) is 28.6 Å². The Balaban J connectivity index is 1.96. The van der Waals surface area contributed by atoms with Crippen molar-refractivity contribution in [2.75, 3.05) is 12.3 Å². The van der Waals surface area contributed by atoms with E-state index in [1.165, 1.54) is 11.8 Å². The van der Waals surface area contributed by atoms with E-state index in [1.807, 2.05) is 31.2 Å². The quantitative estimate of drug-likeness (QED) is 0.534. The second-order valence-electron chi connectivity index (χ2n) is 5.20. The zero-order valence-corrected chi connectivity index (χ0v) is 14.6. The van der Waals surface area contributed by atoms with Gasteiger partial charge in [-0.15, -0.1) is 11.3 Å². The first-order valence-electron chi connectivity index (χ1n) is 7.58. The predicted octanol–water partition coefficient (Wildman–Crippen LogP) is 3.40. The molecule has 1 aromatic heterocycles. The summed E-state index contributed by atoms with van der Waals surface area (Å²) in [5, 5.41) is 11.8. The zero-order chi connectivity index (χ0) is 16.7. The maximum atomic E-state index is 12.1. The smallest absolute Gasteiger partial charge is 0.304 e. The molecule has 124 valence electrons. The Kier molecular flexibility index (Phi) is 6.85. The van der Waals surface area contributed by atoms with Crippen LogP contribution in [0.3, 0.4) is 0 Å². The number of hydrogen-bond acceptors (Lipinski definition) is 5. The highest BCUT2D eigenvalue weighted by Crippen LogP contribution is 2.30. The van der Waals surface area contributed by atoms with Gasteiger partial charge in [0.2, 0.25) is 5.91 Å². The summed E-state index contributed by atoms with van der Waals surface area (Å²) in [5.74, 6) is -1.26. The molecule has 1 aromatic carbocycles. The van der Waals surface area contributed by atoms with E-state index < -0.39 is 11.9 Å². The molecule has 1 unspecified atom stereocenters. The first kappa shape index (κ1) is 17.7. The van der Waals surface area contributed by atoms with Gasteiger partial charge in [-0.2, -0.15) is 0 Å². The highest BCUT2D eigenvalue weighted by molar-refractivity contribution is 8.01. The van der Waals surface area contributed by atoms with Crippen LogP contribution in [-0.4, -0.2) is 34.3 Å². The van der Waals surface area contributed by atoms with Gasteiger partial charge >= 0.3 is 5.97 Å². The number of carbonyl (C=O) groups excluding carboxylic acids is 1. The highest BCUT2D eigenvalue weighted by Gasteiger charge is 2.22. The van der Waals surface area contributed by atoms with E-state index in [4.69, 9.17) is 5.11 Å². The van der Waals surface area contributed by atoms with Crippen molar-refractivity contribution in [3.05, 3.63) is 24.3 Å². The summed E-state index contributed by atoms with van der Waals surface area (Å²) in [7, 11) is 0. The maximum absolute atomic E-state index is 12.1. The van der Waals surface area contributed by atoms with Gasteiger partial charge in [0.25, 0.3) is 0 Å². The molecular weight excluding hydrogens is 332 g/mol. The molecule has 2 aromatic rings. The average molecular weight is 352 g/mol. The molecular formula is C16H20N2O3S2. The van der Waals surface area contributed by atoms with Crippen LogP contribution in [0.1, 0.15) is 26.2 Å². The lowest BCUT2D eigenvalue weighted by Crippen LogP contribution is -2.34. The van der Waals surface area contributed by atoms with Crippen LogP contribution in [0.4, 0.5) is 0 Å². The largest absolute Gasteiger partial charge is 0.481 e. The number of rotatable bonds is 9. The van der Waals surface area contributed by atoms with E-state index >= 15 is 0 Å². The van der Waals surface area contributed by atoms with Gasteiger partial charge in [-0.3, -0.25) is 9.59 Å². The second kappa shape index (κ2) is 8.88. The number of carboxylic acid groups (broad SMARTS) is 1. The molecule has 1 heterocycles. The minimum absolute atomic E-state index is 0.157. The minimum Gasteiger partial charge on any atom is -0.481 e. The summed E-state index contributed by atoms with van der Waals surface area (Å²) < 4.78 is 1.96. The van der Waals surface area contributed by atoms with Crippen molar-refractivity contribution in [3.63, 3.8) is 0 Å². The van der Waals surface area contributed by atoms with Crippen molar-refractivity contribution >= 4 is 45.2 Å². The number of nitrogens with zero attached hydrogens (tertiary/aromatic N) is 1. The van der Waals surface area contributed by atoms with E-state index in [-0.39, 0.29) is 12.3 Å². The zero-order valence-electron chi connectivity index (χ0n) is 12.9. The number of aliphatic carboxylic acids is 1. The summed E-state index contributed by atoms with van der Waals surface area (Å²) in [4.78, 5) is 27.6. The van der Waals surface area contributed by atoms with Crippen molar-refractivity contribution in [3.8, 4) is 0 Å². The molecule has 1 atom stereocenters. The lowest BCUT2D eigenvalue weighted by molar-refractivity contribution is -0.140. The molecule has 0 fully saturated rings. The fourth-order valence-corrected chi connectivity index (χ4v) is 4.24. The lowest BCUT2D eigenvalue weighted by Gasteiger charge is -2.13. The fraction of sp³-hybridized carbons (Fsp3) is 0.438. The van der Waals surface area contributed by atoms with Crippen molar-refractivity contribution in [2.24, 2.45) is 5.92 Å². The molecule has 0 aliphatic heterocycles. The number of aromatic nitrogens is 1. The molecule has 0 spiro atoms. The molecule has 2 N–H and O–H groups in total. The van der Waals surface area contributed by atoms with Crippen LogP contribution in [0.25, 0.3) is 10.2 Å². The second-order valence-corrected chi connectivity index (χ2v) is 7.50. The van der Waals surface area contributed by atoms with Crippen molar-refractivity contribution in [2.45, 2.75) is 30.5 Å².